The van der Waals surface area contributed by atoms with Gasteiger partial charge >= 0.3 is 0 Å². The minimum atomic E-state index is -1.10. The number of carbonyl (C=O) groups excluding carboxylic acids is 1. The second kappa shape index (κ2) is 26.9. The fourth-order valence-electron chi connectivity index (χ4n) is 4.29. The molecule has 0 spiro atoms. The highest BCUT2D eigenvalue weighted by molar-refractivity contribution is 5.80. The van der Waals surface area contributed by atoms with Gasteiger partial charge in [0.25, 0.3) is 0 Å². The predicted octanol–water partition coefficient (Wildman–Crippen LogP) is 7.14. The van der Waals surface area contributed by atoms with Crippen molar-refractivity contribution >= 4 is 5.91 Å². The summed E-state index contributed by atoms with van der Waals surface area (Å²) >= 11 is 0. The van der Waals surface area contributed by atoms with E-state index in [0.717, 1.165) is 44.9 Å². The van der Waals surface area contributed by atoms with Crippen molar-refractivity contribution in [3.63, 3.8) is 0 Å². The van der Waals surface area contributed by atoms with E-state index in [2.05, 4.69) is 31.3 Å². The molecule has 5 heteroatoms. The number of nitrogens with one attached hydrogen (secondary N) is 1. The third-order valence-corrected chi connectivity index (χ3v) is 6.79. The van der Waals surface area contributed by atoms with Gasteiger partial charge in [0.2, 0.25) is 5.91 Å². The molecule has 0 aromatic heterocycles. The number of allylic oxidation sites excluding steroid dienone is 3. The van der Waals surface area contributed by atoms with Gasteiger partial charge in [0.1, 0.15) is 6.10 Å². The van der Waals surface area contributed by atoms with E-state index in [4.69, 9.17) is 0 Å². The zero-order valence-corrected chi connectivity index (χ0v) is 23.6. The van der Waals surface area contributed by atoms with E-state index >= 15 is 0 Å². The third-order valence-electron chi connectivity index (χ3n) is 6.79. The van der Waals surface area contributed by atoms with Gasteiger partial charge in [0, 0.05) is 0 Å². The maximum atomic E-state index is 12.3. The van der Waals surface area contributed by atoms with Crippen LogP contribution in [0.25, 0.3) is 0 Å². The maximum absolute atomic E-state index is 12.3. The Labute approximate surface area is 222 Å². The molecule has 0 aliphatic carbocycles. The number of hydrogen-bond donors (Lipinski definition) is 4. The molecule has 3 atom stereocenters. The van der Waals surface area contributed by atoms with Gasteiger partial charge in [0.05, 0.1) is 18.8 Å². The standard InChI is InChI=1S/C31H59NO4/c1-3-5-7-9-11-13-15-17-19-21-23-25-29(34)28(27-33)32-31(36)30(35)26-24-22-20-18-16-14-12-10-8-6-4-2/h12,14,23,25,28-30,33-35H,3-11,13,15-22,24,26-27H2,1-2H3,(H,32,36)/b14-12-,25-23+. The predicted molar refractivity (Wildman–Crippen MR) is 153 cm³/mol. The maximum Gasteiger partial charge on any atom is 0.249 e. The van der Waals surface area contributed by atoms with Gasteiger partial charge in [-0.1, -0.05) is 122 Å². The van der Waals surface area contributed by atoms with Crippen molar-refractivity contribution in [2.24, 2.45) is 0 Å². The van der Waals surface area contributed by atoms with Crippen molar-refractivity contribution < 1.29 is 20.1 Å². The Balaban J connectivity index is 3.88. The molecule has 0 saturated carbocycles. The average Bonchev–Trinajstić information content (AvgIpc) is 2.88. The summed E-state index contributed by atoms with van der Waals surface area (Å²) in [4.78, 5) is 12.3. The van der Waals surface area contributed by atoms with E-state index in [1.54, 1.807) is 6.08 Å². The molecule has 0 aromatic carbocycles. The molecular weight excluding hydrogens is 450 g/mol. The monoisotopic (exact) mass is 509 g/mol. The number of unbranched alkanes of at least 4 members (excludes halogenated alkanes) is 16. The van der Waals surface area contributed by atoms with E-state index in [9.17, 15) is 20.1 Å². The Morgan fingerprint density at radius 3 is 1.67 bits per heavy atom. The van der Waals surface area contributed by atoms with Crippen LogP contribution in [0, 0.1) is 0 Å². The first-order valence-electron chi connectivity index (χ1n) is 15.2. The topological polar surface area (TPSA) is 89.8 Å². The van der Waals surface area contributed by atoms with Crippen LogP contribution in [0.4, 0.5) is 0 Å². The minimum absolute atomic E-state index is 0.367. The highest BCUT2D eigenvalue weighted by Gasteiger charge is 2.22. The zero-order valence-electron chi connectivity index (χ0n) is 23.6. The lowest BCUT2D eigenvalue weighted by Crippen LogP contribution is -2.48. The van der Waals surface area contributed by atoms with E-state index < -0.39 is 24.2 Å². The van der Waals surface area contributed by atoms with Crippen molar-refractivity contribution in [2.75, 3.05) is 6.61 Å². The van der Waals surface area contributed by atoms with Crippen LogP contribution in [-0.4, -0.2) is 46.1 Å². The largest absolute Gasteiger partial charge is 0.394 e. The van der Waals surface area contributed by atoms with Crippen LogP contribution in [0.3, 0.4) is 0 Å². The van der Waals surface area contributed by atoms with Crippen LogP contribution in [-0.2, 0) is 4.79 Å². The smallest absolute Gasteiger partial charge is 0.249 e. The van der Waals surface area contributed by atoms with Crippen LogP contribution in [0.2, 0.25) is 0 Å². The first kappa shape index (κ1) is 34.8. The first-order valence-corrected chi connectivity index (χ1v) is 15.2. The molecule has 0 saturated heterocycles. The summed E-state index contributed by atoms with van der Waals surface area (Å²) in [7, 11) is 0. The van der Waals surface area contributed by atoms with E-state index in [1.165, 1.54) is 77.0 Å². The van der Waals surface area contributed by atoms with Gasteiger partial charge in [-0.2, -0.15) is 0 Å². The third kappa shape index (κ3) is 22.1. The molecule has 0 aliphatic heterocycles. The van der Waals surface area contributed by atoms with Crippen LogP contribution >= 0.6 is 0 Å². The van der Waals surface area contributed by atoms with Gasteiger partial charge < -0.3 is 20.6 Å². The van der Waals surface area contributed by atoms with Crippen molar-refractivity contribution in [3.05, 3.63) is 24.3 Å². The molecule has 36 heavy (non-hydrogen) atoms. The van der Waals surface area contributed by atoms with E-state index in [1.807, 2.05) is 6.08 Å². The van der Waals surface area contributed by atoms with Crippen molar-refractivity contribution in [2.45, 2.75) is 161 Å². The lowest BCUT2D eigenvalue weighted by atomic mass is 10.1. The summed E-state index contributed by atoms with van der Waals surface area (Å²) in [5.41, 5.74) is 0. The van der Waals surface area contributed by atoms with Crippen LogP contribution in [0.15, 0.2) is 24.3 Å². The minimum Gasteiger partial charge on any atom is -0.394 e. The quantitative estimate of drug-likeness (QED) is 0.0737. The lowest BCUT2D eigenvalue weighted by molar-refractivity contribution is -0.131. The van der Waals surface area contributed by atoms with E-state index in [-0.39, 0.29) is 6.61 Å². The second-order valence-electron chi connectivity index (χ2n) is 10.3. The van der Waals surface area contributed by atoms with Gasteiger partial charge in [-0.05, 0) is 44.9 Å². The second-order valence-corrected chi connectivity index (χ2v) is 10.3. The number of aliphatic hydroxyl groups excluding tert-OH is 3. The average molecular weight is 510 g/mol. The molecule has 0 radical (unpaired) electrons. The van der Waals surface area contributed by atoms with Gasteiger partial charge in [-0.15, -0.1) is 0 Å². The zero-order chi connectivity index (χ0) is 26.7. The molecule has 5 nitrogen and oxygen atoms in total. The van der Waals surface area contributed by atoms with Crippen molar-refractivity contribution in [1.82, 2.24) is 5.32 Å². The van der Waals surface area contributed by atoms with Crippen LogP contribution in [0.5, 0.6) is 0 Å². The first-order chi connectivity index (χ1) is 17.6. The molecule has 0 aliphatic rings. The Hall–Kier alpha value is -1.17. The van der Waals surface area contributed by atoms with E-state index in [0.29, 0.717) is 6.42 Å². The molecule has 0 rings (SSSR count). The van der Waals surface area contributed by atoms with Gasteiger partial charge in [-0.25, -0.2) is 0 Å². The van der Waals surface area contributed by atoms with Crippen molar-refractivity contribution in [1.29, 1.82) is 0 Å². The summed E-state index contributed by atoms with van der Waals surface area (Å²) in [5.74, 6) is -0.518. The number of rotatable bonds is 26. The fraction of sp³-hybridized carbons (Fsp3) is 0.839. The lowest BCUT2D eigenvalue weighted by Gasteiger charge is -2.21. The number of amides is 1. The fourth-order valence-corrected chi connectivity index (χ4v) is 4.29. The highest BCUT2D eigenvalue weighted by Crippen LogP contribution is 2.12. The molecule has 3 unspecified atom stereocenters. The Kier molecular flexibility index (Phi) is 26.0. The summed E-state index contributed by atoms with van der Waals surface area (Å²) in [5, 5.41) is 32.7. The normalized spacial score (nSPS) is 14.5. The number of hydrogen-bond acceptors (Lipinski definition) is 4. The Morgan fingerprint density at radius 1 is 0.667 bits per heavy atom. The molecule has 0 fully saturated rings. The summed E-state index contributed by atoms with van der Waals surface area (Å²) in [6.45, 7) is 4.09. The molecule has 4 N–H and O–H groups in total. The SMILES string of the molecule is CCCCC/C=C\CCCCCCC(O)C(=O)NC(CO)C(O)/C=C/CCCCCCCCCCC. The molecular formula is C31H59NO4. The van der Waals surface area contributed by atoms with Crippen LogP contribution < -0.4 is 5.32 Å². The summed E-state index contributed by atoms with van der Waals surface area (Å²) in [6, 6.07) is -0.796. The van der Waals surface area contributed by atoms with Crippen LogP contribution in [0.1, 0.15) is 142 Å². The molecule has 0 bridgehead atoms. The van der Waals surface area contributed by atoms with Gasteiger partial charge in [0.15, 0.2) is 0 Å². The number of aliphatic hydroxyl groups is 3. The molecule has 0 heterocycles. The number of carbonyl (C=O) groups is 1. The Morgan fingerprint density at radius 2 is 1.11 bits per heavy atom. The highest BCUT2D eigenvalue weighted by atomic mass is 16.3. The molecule has 0 aromatic rings. The summed E-state index contributed by atoms with van der Waals surface area (Å²) in [6.07, 6.45) is 29.0. The summed E-state index contributed by atoms with van der Waals surface area (Å²) < 4.78 is 0. The van der Waals surface area contributed by atoms with Gasteiger partial charge in [-0.3, -0.25) is 4.79 Å². The molecule has 1 amide bonds. The molecule has 212 valence electrons. The van der Waals surface area contributed by atoms with Crippen molar-refractivity contribution in [3.8, 4) is 0 Å². The Bertz CT molecular complexity index is 535.